The van der Waals surface area contributed by atoms with Gasteiger partial charge in [-0.3, -0.25) is 0 Å². The average Bonchev–Trinajstić information content (AvgIpc) is 2.38. The molecule has 98 valence electrons. The minimum atomic E-state index is -0.202. The van der Waals surface area contributed by atoms with E-state index in [1.165, 1.54) is 0 Å². The van der Waals surface area contributed by atoms with Gasteiger partial charge in [0.2, 0.25) is 5.28 Å². The summed E-state index contributed by atoms with van der Waals surface area (Å²) in [4.78, 5) is 10.4. The second-order valence-corrected chi connectivity index (χ2v) is 5.44. The van der Waals surface area contributed by atoms with Crippen molar-refractivity contribution in [3.05, 3.63) is 41.8 Å². The van der Waals surface area contributed by atoms with Crippen LogP contribution in [0.25, 0.3) is 0 Å². The van der Waals surface area contributed by atoms with E-state index in [0.29, 0.717) is 18.2 Å². The molecule has 4 nitrogen and oxygen atoms in total. The van der Waals surface area contributed by atoms with Gasteiger partial charge in [-0.2, -0.15) is 4.98 Å². The lowest BCUT2D eigenvalue weighted by Gasteiger charge is -2.43. The van der Waals surface area contributed by atoms with Crippen LogP contribution in [-0.2, 0) is 0 Å². The van der Waals surface area contributed by atoms with Crippen molar-refractivity contribution in [2.45, 2.75) is 19.4 Å². The summed E-state index contributed by atoms with van der Waals surface area (Å²) in [6.07, 6.45) is 1.62. The highest BCUT2D eigenvalue weighted by Crippen LogP contribution is 2.41. The zero-order chi connectivity index (χ0) is 13.5. The molecular weight excluding hydrogens is 262 g/mol. The van der Waals surface area contributed by atoms with E-state index in [2.05, 4.69) is 28.7 Å². The number of ether oxygens (including phenoxy) is 1. The van der Waals surface area contributed by atoms with Gasteiger partial charge in [0.1, 0.15) is 6.61 Å². The van der Waals surface area contributed by atoms with Crippen LogP contribution in [0.1, 0.15) is 13.8 Å². The van der Waals surface area contributed by atoms with E-state index >= 15 is 0 Å². The molecule has 0 N–H and O–H groups in total. The van der Waals surface area contributed by atoms with Gasteiger partial charge in [0.25, 0.3) is 0 Å². The highest BCUT2D eigenvalue weighted by atomic mass is 35.5. The standard InChI is InChI=1S/C14H14ClN3O/c1-14(2)9-19-11-8-16-13(15)17-12(11)18(14)10-6-4-3-5-7-10/h3-8H,9H2,1-2H3. The lowest BCUT2D eigenvalue weighted by molar-refractivity contribution is 0.220. The lowest BCUT2D eigenvalue weighted by Crippen LogP contribution is -2.49. The maximum atomic E-state index is 5.92. The van der Waals surface area contributed by atoms with Crippen molar-refractivity contribution in [1.82, 2.24) is 9.97 Å². The Hall–Kier alpha value is -1.81. The van der Waals surface area contributed by atoms with Gasteiger partial charge in [-0.15, -0.1) is 0 Å². The quantitative estimate of drug-likeness (QED) is 0.747. The van der Waals surface area contributed by atoms with E-state index in [1.54, 1.807) is 6.20 Å². The number of anilines is 2. The molecule has 0 atom stereocenters. The molecule has 19 heavy (non-hydrogen) atoms. The van der Waals surface area contributed by atoms with Crippen molar-refractivity contribution < 1.29 is 4.74 Å². The zero-order valence-corrected chi connectivity index (χ0v) is 11.6. The molecule has 1 aliphatic rings. The highest BCUT2D eigenvalue weighted by Gasteiger charge is 2.36. The Balaban J connectivity index is 2.18. The first kappa shape index (κ1) is 12.2. The molecule has 0 amide bonds. The largest absolute Gasteiger partial charge is 0.486 e. The number of hydrogen-bond donors (Lipinski definition) is 0. The van der Waals surface area contributed by atoms with Crippen LogP contribution in [0.5, 0.6) is 5.75 Å². The molecule has 5 heteroatoms. The fourth-order valence-electron chi connectivity index (χ4n) is 2.26. The van der Waals surface area contributed by atoms with Gasteiger partial charge in [0.15, 0.2) is 11.6 Å². The summed E-state index contributed by atoms with van der Waals surface area (Å²) in [6.45, 7) is 4.79. The molecule has 1 aromatic carbocycles. The number of hydrogen-bond acceptors (Lipinski definition) is 4. The maximum absolute atomic E-state index is 5.92. The number of fused-ring (bicyclic) bond motifs is 1. The molecule has 0 spiro atoms. The molecule has 0 aliphatic carbocycles. The van der Waals surface area contributed by atoms with Gasteiger partial charge >= 0.3 is 0 Å². The molecule has 3 rings (SSSR count). The Bertz CT molecular complexity index is 601. The number of benzene rings is 1. The van der Waals surface area contributed by atoms with Crippen LogP contribution in [0.2, 0.25) is 5.28 Å². The predicted molar refractivity (Wildman–Crippen MR) is 75.2 cm³/mol. The van der Waals surface area contributed by atoms with Crippen molar-refractivity contribution >= 4 is 23.1 Å². The number of para-hydroxylation sites is 1. The van der Waals surface area contributed by atoms with Crippen LogP contribution in [0, 0.1) is 0 Å². The molecule has 2 aromatic rings. The summed E-state index contributed by atoms with van der Waals surface area (Å²) in [5.74, 6) is 1.37. The molecule has 0 saturated heterocycles. The van der Waals surface area contributed by atoms with Crippen LogP contribution < -0.4 is 9.64 Å². The maximum Gasteiger partial charge on any atom is 0.224 e. The van der Waals surface area contributed by atoms with Gasteiger partial charge in [-0.25, -0.2) is 4.98 Å². The smallest absolute Gasteiger partial charge is 0.224 e. The van der Waals surface area contributed by atoms with E-state index in [1.807, 2.05) is 30.3 Å². The van der Waals surface area contributed by atoms with E-state index in [-0.39, 0.29) is 10.8 Å². The Morgan fingerprint density at radius 1 is 1.26 bits per heavy atom. The summed E-state index contributed by atoms with van der Waals surface area (Å²) in [6, 6.07) is 10.1. The summed E-state index contributed by atoms with van der Waals surface area (Å²) in [7, 11) is 0. The normalized spacial score (nSPS) is 16.7. The third-order valence-electron chi connectivity index (χ3n) is 3.12. The lowest BCUT2D eigenvalue weighted by atomic mass is 10.0. The first-order chi connectivity index (χ1) is 9.08. The summed E-state index contributed by atoms with van der Waals surface area (Å²) < 4.78 is 5.72. The third kappa shape index (κ3) is 2.12. The van der Waals surface area contributed by atoms with Gasteiger partial charge in [-0.1, -0.05) is 18.2 Å². The minimum Gasteiger partial charge on any atom is -0.486 e. The Labute approximate surface area is 117 Å². The number of nitrogens with zero attached hydrogens (tertiary/aromatic N) is 3. The van der Waals surface area contributed by atoms with Crippen LogP contribution in [0.3, 0.4) is 0 Å². The Morgan fingerprint density at radius 2 is 2.00 bits per heavy atom. The average molecular weight is 276 g/mol. The van der Waals surface area contributed by atoms with Crippen LogP contribution in [0.4, 0.5) is 11.5 Å². The molecule has 0 fully saturated rings. The molecule has 1 aromatic heterocycles. The zero-order valence-electron chi connectivity index (χ0n) is 10.8. The molecule has 0 bridgehead atoms. The second kappa shape index (κ2) is 4.38. The fraction of sp³-hybridized carbons (Fsp3) is 0.286. The molecule has 2 heterocycles. The van der Waals surface area contributed by atoms with E-state index < -0.39 is 0 Å². The molecule has 0 radical (unpaired) electrons. The number of halogens is 1. The first-order valence-corrected chi connectivity index (χ1v) is 6.46. The van der Waals surface area contributed by atoms with Crippen molar-refractivity contribution in [2.75, 3.05) is 11.5 Å². The van der Waals surface area contributed by atoms with Gasteiger partial charge < -0.3 is 9.64 Å². The summed E-state index contributed by atoms with van der Waals surface area (Å²) >= 11 is 5.92. The summed E-state index contributed by atoms with van der Waals surface area (Å²) in [5.41, 5.74) is 0.860. The molecule has 0 unspecified atom stereocenters. The van der Waals surface area contributed by atoms with E-state index in [9.17, 15) is 0 Å². The van der Waals surface area contributed by atoms with Crippen LogP contribution in [-0.4, -0.2) is 22.1 Å². The topological polar surface area (TPSA) is 38.3 Å². The molecular formula is C14H14ClN3O. The van der Waals surface area contributed by atoms with Crippen LogP contribution >= 0.6 is 11.6 Å². The van der Waals surface area contributed by atoms with Gasteiger partial charge in [0, 0.05) is 5.69 Å². The first-order valence-electron chi connectivity index (χ1n) is 6.08. The Kier molecular flexibility index (Phi) is 2.82. The minimum absolute atomic E-state index is 0.202. The van der Waals surface area contributed by atoms with Crippen molar-refractivity contribution in [3.63, 3.8) is 0 Å². The van der Waals surface area contributed by atoms with E-state index in [4.69, 9.17) is 16.3 Å². The van der Waals surface area contributed by atoms with Crippen molar-refractivity contribution in [3.8, 4) is 5.75 Å². The van der Waals surface area contributed by atoms with Gasteiger partial charge in [-0.05, 0) is 37.6 Å². The van der Waals surface area contributed by atoms with Crippen LogP contribution in [0.15, 0.2) is 36.5 Å². The van der Waals surface area contributed by atoms with Gasteiger partial charge in [0.05, 0.1) is 11.7 Å². The predicted octanol–water partition coefficient (Wildman–Crippen LogP) is 3.44. The number of rotatable bonds is 1. The third-order valence-corrected chi connectivity index (χ3v) is 3.30. The van der Waals surface area contributed by atoms with E-state index in [0.717, 1.165) is 5.69 Å². The second-order valence-electron chi connectivity index (χ2n) is 5.10. The Morgan fingerprint density at radius 3 is 2.74 bits per heavy atom. The number of aromatic nitrogens is 2. The fourth-order valence-corrected chi connectivity index (χ4v) is 2.39. The molecule has 0 saturated carbocycles. The summed E-state index contributed by atoms with van der Waals surface area (Å²) in [5, 5.41) is 0.223. The highest BCUT2D eigenvalue weighted by molar-refractivity contribution is 6.28. The molecule has 1 aliphatic heterocycles. The van der Waals surface area contributed by atoms with Crippen molar-refractivity contribution in [1.29, 1.82) is 0 Å². The van der Waals surface area contributed by atoms with Crippen molar-refractivity contribution in [2.24, 2.45) is 0 Å². The monoisotopic (exact) mass is 275 g/mol. The SMILES string of the molecule is CC1(C)COc2cnc(Cl)nc2N1c1ccccc1.